The standard InChI is InChI=1S/C2H5N3/c1-5-2(3)4/h1H,3-4H2. The lowest BCUT2D eigenvalue weighted by Crippen LogP contribution is -2.21. The van der Waals surface area contributed by atoms with E-state index in [1.165, 1.54) is 0 Å². The van der Waals surface area contributed by atoms with Crippen molar-refractivity contribution in [3.05, 3.63) is 7.05 Å². The van der Waals surface area contributed by atoms with Crippen molar-refractivity contribution in [1.29, 1.82) is 0 Å². The van der Waals surface area contributed by atoms with Gasteiger partial charge in [-0.05, 0) is 0 Å². The number of nitrogens with zero attached hydrogens (tertiary/aromatic N) is 1. The monoisotopic (exact) mass is 71.0 g/mol. The molecule has 0 aromatic rings. The van der Waals surface area contributed by atoms with Crippen LogP contribution in [0.2, 0.25) is 0 Å². The Morgan fingerprint density at radius 1 is 1.60 bits per heavy atom. The Morgan fingerprint density at radius 3 is 1.80 bits per heavy atom. The third kappa shape index (κ3) is 3.27. The highest BCUT2D eigenvalue weighted by Gasteiger charge is 1.61. The molecule has 2 radical (unpaired) electrons. The van der Waals surface area contributed by atoms with E-state index in [2.05, 4.69) is 12.0 Å². The van der Waals surface area contributed by atoms with Crippen LogP contribution in [0.5, 0.6) is 0 Å². The zero-order valence-electron chi connectivity index (χ0n) is 2.68. The molecule has 0 spiro atoms. The number of hydrogen-bond acceptors (Lipinski definition) is 1. The van der Waals surface area contributed by atoms with Crippen LogP contribution >= 0.6 is 0 Å². The summed E-state index contributed by atoms with van der Waals surface area (Å²) in [5.41, 5.74) is 9.39. The lowest BCUT2D eigenvalue weighted by molar-refractivity contribution is 1.44. The largest absolute Gasteiger partial charge is 0.370 e. The highest BCUT2D eigenvalue weighted by atomic mass is 15.0. The highest BCUT2D eigenvalue weighted by Crippen LogP contribution is 1.46. The Kier molecular flexibility index (Phi) is 1.35. The molecule has 0 saturated heterocycles. The topological polar surface area (TPSA) is 64.4 Å². The maximum atomic E-state index is 4.69. The molecular formula is C2H5N3. The zero-order valence-corrected chi connectivity index (χ0v) is 2.68. The van der Waals surface area contributed by atoms with E-state index in [0.29, 0.717) is 0 Å². The van der Waals surface area contributed by atoms with Crippen LogP contribution in [-0.2, 0) is 0 Å². The summed E-state index contributed by atoms with van der Waals surface area (Å²) < 4.78 is 0. The van der Waals surface area contributed by atoms with Gasteiger partial charge in [-0.2, -0.15) is 0 Å². The van der Waals surface area contributed by atoms with Crippen molar-refractivity contribution in [2.45, 2.75) is 0 Å². The molecule has 0 amide bonds. The van der Waals surface area contributed by atoms with Gasteiger partial charge in [-0.15, -0.1) is 0 Å². The first-order valence-electron chi connectivity index (χ1n) is 1.06. The molecule has 5 heavy (non-hydrogen) atoms. The van der Waals surface area contributed by atoms with Gasteiger partial charge in [0.05, 0.1) is 0 Å². The molecule has 0 bridgehead atoms. The smallest absolute Gasteiger partial charge is 0.186 e. The summed E-state index contributed by atoms with van der Waals surface area (Å²) in [4.78, 5) is 2.86. The van der Waals surface area contributed by atoms with Gasteiger partial charge < -0.3 is 11.5 Å². The molecule has 0 rings (SSSR count). The van der Waals surface area contributed by atoms with E-state index in [-0.39, 0.29) is 5.96 Å². The van der Waals surface area contributed by atoms with Crippen molar-refractivity contribution in [3.8, 4) is 0 Å². The minimum atomic E-state index is -0.0926. The Morgan fingerprint density at radius 2 is 1.80 bits per heavy atom. The predicted octanol–water partition coefficient (Wildman–Crippen LogP) is -1.07. The van der Waals surface area contributed by atoms with E-state index in [0.717, 1.165) is 0 Å². The van der Waals surface area contributed by atoms with Crippen LogP contribution in [0.3, 0.4) is 0 Å². The van der Waals surface area contributed by atoms with Crippen molar-refractivity contribution < 1.29 is 0 Å². The summed E-state index contributed by atoms with van der Waals surface area (Å²) in [5, 5.41) is 0. The van der Waals surface area contributed by atoms with E-state index in [1.54, 1.807) is 0 Å². The van der Waals surface area contributed by atoms with E-state index in [9.17, 15) is 0 Å². The average molecular weight is 71.1 g/mol. The van der Waals surface area contributed by atoms with Crippen molar-refractivity contribution in [2.24, 2.45) is 16.5 Å². The Bertz CT molecular complexity index is 42.9. The second-order valence-electron chi connectivity index (χ2n) is 0.554. The molecule has 3 nitrogen and oxygen atoms in total. The van der Waals surface area contributed by atoms with Crippen LogP contribution in [-0.4, -0.2) is 5.96 Å². The molecule has 0 aliphatic carbocycles. The number of hydrogen-bond donors (Lipinski definition) is 2. The summed E-state index contributed by atoms with van der Waals surface area (Å²) >= 11 is 0. The maximum absolute atomic E-state index is 4.69. The normalized spacial score (nSPS) is 6.60. The molecule has 4 N–H and O–H groups in total. The summed E-state index contributed by atoms with van der Waals surface area (Å²) in [7, 11) is 4.51. The molecule has 0 aliphatic rings. The van der Waals surface area contributed by atoms with Crippen LogP contribution in [0.4, 0.5) is 0 Å². The summed E-state index contributed by atoms with van der Waals surface area (Å²) in [6.45, 7) is 0. The third-order valence-electron chi connectivity index (χ3n) is 0.149. The van der Waals surface area contributed by atoms with Gasteiger partial charge in [0.2, 0.25) is 0 Å². The first kappa shape index (κ1) is 4.27. The molecule has 0 fully saturated rings. The van der Waals surface area contributed by atoms with Gasteiger partial charge in [0.25, 0.3) is 0 Å². The summed E-state index contributed by atoms with van der Waals surface area (Å²) in [5.74, 6) is -0.0926. The van der Waals surface area contributed by atoms with Crippen LogP contribution in [0.15, 0.2) is 4.99 Å². The molecule has 3 heteroatoms. The molecule has 0 aromatic carbocycles. The lowest BCUT2D eigenvalue weighted by atomic mass is 11.1. The highest BCUT2D eigenvalue weighted by molar-refractivity contribution is 5.75. The minimum absolute atomic E-state index is 0.0926. The van der Waals surface area contributed by atoms with E-state index < -0.39 is 0 Å². The Balaban J connectivity index is 3.14. The van der Waals surface area contributed by atoms with Crippen LogP contribution in [0.1, 0.15) is 0 Å². The Hall–Kier alpha value is -0.730. The van der Waals surface area contributed by atoms with Gasteiger partial charge in [-0.3, -0.25) is 0 Å². The van der Waals surface area contributed by atoms with Crippen molar-refractivity contribution in [1.82, 2.24) is 0 Å². The van der Waals surface area contributed by atoms with Gasteiger partial charge >= 0.3 is 0 Å². The fourth-order valence-corrected chi connectivity index (χ4v) is 0. The van der Waals surface area contributed by atoms with Gasteiger partial charge in [0, 0.05) is 0 Å². The van der Waals surface area contributed by atoms with Crippen molar-refractivity contribution >= 4 is 5.96 Å². The summed E-state index contributed by atoms with van der Waals surface area (Å²) in [6, 6.07) is 0. The first-order chi connectivity index (χ1) is 2.27. The van der Waals surface area contributed by atoms with E-state index in [4.69, 9.17) is 11.5 Å². The second kappa shape index (κ2) is 1.58. The van der Waals surface area contributed by atoms with Gasteiger partial charge in [-0.1, -0.05) is 0 Å². The number of aliphatic imine (C=N–C) groups is 1. The number of rotatable bonds is 0. The molecule has 0 aromatic heterocycles. The van der Waals surface area contributed by atoms with Crippen LogP contribution in [0.25, 0.3) is 0 Å². The fraction of sp³-hybridized carbons (Fsp3) is 0. The van der Waals surface area contributed by atoms with Gasteiger partial charge in [-0.25, -0.2) is 4.99 Å². The minimum Gasteiger partial charge on any atom is -0.370 e. The molecule has 0 saturated carbocycles. The van der Waals surface area contributed by atoms with Crippen molar-refractivity contribution in [3.63, 3.8) is 0 Å². The third-order valence-corrected chi connectivity index (χ3v) is 0.149. The first-order valence-corrected chi connectivity index (χ1v) is 1.06. The van der Waals surface area contributed by atoms with Gasteiger partial charge in [0.15, 0.2) is 5.96 Å². The van der Waals surface area contributed by atoms with E-state index >= 15 is 0 Å². The molecule has 28 valence electrons. The quantitative estimate of drug-likeness (QED) is 0.282. The SMILES string of the molecule is [CH]N=C(N)N. The zero-order chi connectivity index (χ0) is 4.28. The fourth-order valence-electron chi connectivity index (χ4n) is 0. The van der Waals surface area contributed by atoms with Crippen LogP contribution < -0.4 is 11.5 Å². The molecular weight excluding hydrogens is 66.0 g/mol. The molecule has 0 aliphatic heterocycles. The van der Waals surface area contributed by atoms with Crippen molar-refractivity contribution in [2.75, 3.05) is 0 Å². The predicted molar refractivity (Wildman–Crippen MR) is 20.1 cm³/mol. The van der Waals surface area contributed by atoms with Crippen LogP contribution in [0, 0.1) is 7.05 Å². The number of nitrogens with two attached hydrogens (primary N) is 2. The average Bonchev–Trinajstić information content (AvgIpc) is 1.38. The maximum Gasteiger partial charge on any atom is 0.186 e. The molecule has 0 heterocycles. The lowest BCUT2D eigenvalue weighted by Gasteiger charge is -1.76. The Labute approximate surface area is 30.7 Å². The second-order valence-corrected chi connectivity index (χ2v) is 0.554. The molecule has 0 atom stereocenters. The van der Waals surface area contributed by atoms with Gasteiger partial charge in [0.1, 0.15) is 7.05 Å². The van der Waals surface area contributed by atoms with E-state index in [1.807, 2.05) is 0 Å². The molecule has 0 unspecified atom stereocenters. The summed E-state index contributed by atoms with van der Waals surface area (Å²) in [6.07, 6.45) is 0. The number of guanidine groups is 1.